The SMILES string of the molecule is COc1cc(N)ccc1-c1sc(C)cc1Br. The molecule has 0 radical (unpaired) electrons. The van der Waals surface area contributed by atoms with Crippen molar-refractivity contribution >= 4 is 33.0 Å². The lowest BCUT2D eigenvalue weighted by Crippen LogP contribution is -1.90. The molecular formula is C12H12BrNOS. The van der Waals surface area contributed by atoms with Crippen LogP contribution in [0.3, 0.4) is 0 Å². The van der Waals surface area contributed by atoms with E-state index in [1.807, 2.05) is 18.2 Å². The van der Waals surface area contributed by atoms with E-state index in [1.165, 1.54) is 9.75 Å². The average Bonchev–Trinajstić information content (AvgIpc) is 2.57. The Bertz CT molecular complexity index is 522. The molecule has 0 fully saturated rings. The first-order chi connectivity index (χ1) is 7.61. The summed E-state index contributed by atoms with van der Waals surface area (Å²) >= 11 is 5.29. The third kappa shape index (κ3) is 2.08. The zero-order chi connectivity index (χ0) is 11.7. The predicted octanol–water partition coefficient (Wildman–Crippen LogP) is 4.08. The highest BCUT2D eigenvalue weighted by molar-refractivity contribution is 9.10. The normalized spacial score (nSPS) is 10.4. The van der Waals surface area contributed by atoms with Gasteiger partial charge in [-0.2, -0.15) is 0 Å². The highest BCUT2D eigenvalue weighted by atomic mass is 79.9. The molecular weight excluding hydrogens is 286 g/mol. The third-order valence-electron chi connectivity index (χ3n) is 2.28. The lowest BCUT2D eigenvalue weighted by molar-refractivity contribution is 0.417. The Morgan fingerprint density at radius 3 is 2.62 bits per heavy atom. The minimum atomic E-state index is 0.713. The molecule has 0 saturated heterocycles. The molecule has 0 aliphatic carbocycles. The van der Waals surface area contributed by atoms with Crippen LogP contribution in [-0.2, 0) is 0 Å². The first-order valence-corrected chi connectivity index (χ1v) is 6.42. The lowest BCUT2D eigenvalue weighted by Gasteiger charge is -2.08. The van der Waals surface area contributed by atoms with Crippen LogP contribution in [0.25, 0.3) is 10.4 Å². The maximum absolute atomic E-state index is 5.74. The van der Waals surface area contributed by atoms with Crippen LogP contribution in [0.15, 0.2) is 28.7 Å². The van der Waals surface area contributed by atoms with Crippen molar-refractivity contribution in [2.24, 2.45) is 0 Å². The minimum absolute atomic E-state index is 0.713. The molecule has 16 heavy (non-hydrogen) atoms. The fourth-order valence-corrected chi connectivity index (χ4v) is 3.45. The van der Waals surface area contributed by atoms with Crippen molar-refractivity contribution in [1.29, 1.82) is 0 Å². The number of halogens is 1. The van der Waals surface area contributed by atoms with Crippen LogP contribution in [0.5, 0.6) is 5.75 Å². The number of rotatable bonds is 2. The molecule has 0 bridgehead atoms. The van der Waals surface area contributed by atoms with Gasteiger partial charge in [0.2, 0.25) is 0 Å². The number of thiophene rings is 1. The number of nitrogens with two attached hydrogens (primary N) is 1. The number of aryl methyl sites for hydroxylation is 1. The highest BCUT2D eigenvalue weighted by Gasteiger charge is 2.12. The fraction of sp³-hybridized carbons (Fsp3) is 0.167. The number of methoxy groups -OCH3 is 1. The van der Waals surface area contributed by atoms with E-state index >= 15 is 0 Å². The standard InChI is InChI=1S/C12H12BrNOS/c1-7-5-10(13)12(16-7)9-4-3-8(14)6-11(9)15-2/h3-6H,14H2,1-2H3. The summed E-state index contributed by atoms with van der Waals surface area (Å²) in [6.45, 7) is 2.09. The molecule has 0 spiro atoms. The van der Waals surface area contributed by atoms with Gasteiger partial charge in [0.15, 0.2) is 0 Å². The van der Waals surface area contributed by atoms with E-state index in [4.69, 9.17) is 10.5 Å². The van der Waals surface area contributed by atoms with Crippen molar-refractivity contribution in [3.63, 3.8) is 0 Å². The topological polar surface area (TPSA) is 35.2 Å². The quantitative estimate of drug-likeness (QED) is 0.848. The van der Waals surface area contributed by atoms with Gasteiger partial charge in [0.05, 0.1) is 12.0 Å². The molecule has 0 amide bonds. The number of benzene rings is 1. The molecule has 1 heterocycles. The van der Waals surface area contributed by atoms with Crippen LogP contribution in [0.2, 0.25) is 0 Å². The van der Waals surface area contributed by atoms with Crippen LogP contribution in [0.1, 0.15) is 4.88 Å². The van der Waals surface area contributed by atoms with Gasteiger partial charge in [-0.15, -0.1) is 11.3 Å². The molecule has 2 N–H and O–H groups in total. The Kier molecular flexibility index (Phi) is 3.21. The Balaban J connectivity index is 2.59. The molecule has 2 nitrogen and oxygen atoms in total. The summed E-state index contributed by atoms with van der Waals surface area (Å²) in [4.78, 5) is 2.44. The lowest BCUT2D eigenvalue weighted by atomic mass is 10.1. The maximum Gasteiger partial charge on any atom is 0.129 e. The van der Waals surface area contributed by atoms with Crippen molar-refractivity contribution in [3.05, 3.63) is 33.6 Å². The number of hydrogen-bond acceptors (Lipinski definition) is 3. The zero-order valence-electron chi connectivity index (χ0n) is 9.08. The zero-order valence-corrected chi connectivity index (χ0v) is 11.5. The van der Waals surface area contributed by atoms with E-state index in [9.17, 15) is 0 Å². The molecule has 2 rings (SSSR count). The maximum atomic E-state index is 5.74. The second-order valence-corrected chi connectivity index (χ2v) is 5.60. The predicted molar refractivity (Wildman–Crippen MR) is 73.2 cm³/mol. The molecule has 1 aromatic heterocycles. The number of anilines is 1. The van der Waals surface area contributed by atoms with Crippen LogP contribution in [0.4, 0.5) is 5.69 Å². The molecule has 4 heteroatoms. The van der Waals surface area contributed by atoms with E-state index < -0.39 is 0 Å². The summed E-state index contributed by atoms with van der Waals surface area (Å²) in [6.07, 6.45) is 0. The first-order valence-electron chi connectivity index (χ1n) is 4.81. The number of hydrogen-bond donors (Lipinski definition) is 1. The average molecular weight is 298 g/mol. The molecule has 0 aliphatic heterocycles. The molecule has 0 aliphatic rings. The van der Waals surface area contributed by atoms with Crippen molar-refractivity contribution in [1.82, 2.24) is 0 Å². The number of nitrogen functional groups attached to an aromatic ring is 1. The molecule has 84 valence electrons. The van der Waals surface area contributed by atoms with Crippen LogP contribution < -0.4 is 10.5 Å². The monoisotopic (exact) mass is 297 g/mol. The second kappa shape index (κ2) is 4.47. The van der Waals surface area contributed by atoms with Gasteiger partial charge in [-0.1, -0.05) is 0 Å². The van der Waals surface area contributed by atoms with Gasteiger partial charge in [-0.3, -0.25) is 0 Å². The van der Waals surface area contributed by atoms with Crippen LogP contribution in [0, 0.1) is 6.92 Å². The van der Waals surface area contributed by atoms with Crippen molar-refractivity contribution in [3.8, 4) is 16.2 Å². The Morgan fingerprint density at radius 1 is 1.31 bits per heavy atom. The largest absolute Gasteiger partial charge is 0.496 e. The summed E-state index contributed by atoms with van der Waals surface area (Å²) in [5.74, 6) is 0.808. The van der Waals surface area contributed by atoms with Gasteiger partial charge in [0.25, 0.3) is 0 Å². The minimum Gasteiger partial charge on any atom is -0.496 e. The fourth-order valence-electron chi connectivity index (χ4n) is 1.56. The summed E-state index contributed by atoms with van der Waals surface area (Å²) in [5, 5.41) is 0. The van der Waals surface area contributed by atoms with E-state index in [2.05, 4.69) is 28.9 Å². The molecule has 0 atom stereocenters. The second-order valence-electron chi connectivity index (χ2n) is 3.49. The van der Waals surface area contributed by atoms with Crippen molar-refractivity contribution in [2.45, 2.75) is 6.92 Å². The summed E-state index contributed by atoms with van der Waals surface area (Å²) in [6, 6.07) is 7.83. The van der Waals surface area contributed by atoms with Gasteiger partial charge >= 0.3 is 0 Å². The van der Waals surface area contributed by atoms with E-state index in [0.29, 0.717) is 5.69 Å². The Labute approximate surface area is 107 Å². The van der Waals surface area contributed by atoms with Crippen molar-refractivity contribution < 1.29 is 4.74 Å². The Morgan fingerprint density at radius 2 is 2.06 bits per heavy atom. The summed E-state index contributed by atoms with van der Waals surface area (Å²) in [7, 11) is 1.66. The van der Waals surface area contributed by atoms with Crippen molar-refractivity contribution in [2.75, 3.05) is 12.8 Å². The molecule has 0 saturated carbocycles. The summed E-state index contributed by atoms with van der Waals surface area (Å²) < 4.78 is 6.45. The van der Waals surface area contributed by atoms with Gasteiger partial charge in [0, 0.05) is 26.7 Å². The smallest absolute Gasteiger partial charge is 0.129 e. The van der Waals surface area contributed by atoms with Gasteiger partial charge in [0.1, 0.15) is 5.75 Å². The highest BCUT2D eigenvalue weighted by Crippen LogP contribution is 2.41. The van der Waals surface area contributed by atoms with Gasteiger partial charge in [-0.25, -0.2) is 0 Å². The number of ether oxygens (including phenoxy) is 1. The van der Waals surface area contributed by atoms with Crippen LogP contribution in [-0.4, -0.2) is 7.11 Å². The summed E-state index contributed by atoms with van der Waals surface area (Å²) in [5.41, 5.74) is 7.52. The third-order valence-corrected chi connectivity index (χ3v) is 4.25. The van der Waals surface area contributed by atoms with E-state index in [-0.39, 0.29) is 0 Å². The van der Waals surface area contributed by atoms with Gasteiger partial charge < -0.3 is 10.5 Å². The van der Waals surface area contributed by atoms with Crippen LogP contribution >= 0.6 is 27.3 Å². The molecule has 1 aromatic carbocycles. The molecule has 0 unspecified atom stereocenters. The van der Waals surface area contributed by atoms with Gasteiger partial charge in [-0.05, 0) is 41.1 Å². The molecule has 2 aromatic rings. The van der Waals surface area contributed by atoms with E-state index in [1.54, 1.807) is 18.4 Å². The Hall–Kier alpha value is -1.00. The first kappa shape index (κ1) is 11.5. The van der Waals surface area contributed by atoms with E-state index in [0.717, 1.165) is 15.8 Å².